The van der Waals surface area contributed by atoms with Crippen molar-refractivity contribution in [1.82, 2.24) is 26.1 Å². The zero-order chi connectivity index (χ0) is 29.7. The third kappa shape index (κ3) is 7.63. The van der Waals surface area contributed by atoms with Gasteiger partial charge in [0.15, 0.2) is 5.96 Å². The number of fused-ring (bicyclic) bond motifs is 1. The van der Waals surface area contributed by atoms with Gasteiger partial charge in [0.25, 0.3) is 5.91 Å². The Morgan fingerprint density at radius 3 is 2.66 bits per heavy atom. The molecule has 0 saturated heterocycles. The minimum absolute atomic E-state index is 0.0201. The van der Waals surface area contributed by atoms with Crippen LogP contribution in [0.3, 0.4) is 0 Å². The molecule has 0 radical (unpaired) electrons. The highest BCUT2D eigenvalue weighted by molar-refractivity contribution is 6.30. The summed E-state index contributed by atoms with van der Waals surface area (Å²) >= 11 is 5.87. The van der Waals surface area contributed by atoms with Crippen LogP contribution in [-0.2, 0) is 20.5 Å². The number of aromatic amines is 1. The smallest absolute Gasteiger partial charge is 0.416 e. The lowest BCUT2D eigenvalue weighted by Gasteiger charge is -2.20. The molecule has 1 aliphatic rings. The van der Waals surface area contributed by atoms with E-state index in [1.54, 1.807) is 6.07 Å². The Balaban J connectivity index is 1.48. The van der Waals surface area contributed by atoms with Crippen LogP contribution in [0.1, 0.15) is 33.9 Å². The van der Waals surface area contributed by atoms with Crippen molar-refractivity contribution in [2.24, 2.45) is 4.99 Å². The van der Waals surface area contributed by atoms with Crippen molar-refractivity contribution in [3.05, 3.63) is 58.2 Å². The summed E-state index contributed by atoms with van der Waals surface area (Å²) in [4.78, 5) is 41.8. The molecule has 0 aliphatic carbocycles. The number of rotatable bonds is 8. The number of alkyl halides is 4. The SMILES string of the molecule is COC(=O)C[C@H](NC(=O)CNC(=O)c1cc(NC2=NCC(F)CN2)cc2[nH]ncc12)c1cc(Cl)cc(C(F)(F)F)c1. The summed E-state index contributed by atoms with van der Waals surface area (Å²) in [6, 6.07) is 4.60. The van der Waals surface area contributed by atoms with Crippen LogP contribution >= 0.6 is 11.6 Å². The summed E-state index contributed by atoms with van der Waals surface area (Å²) in [7, 11) is 1.09. The van der Waals surface area contributed by atoms with Gasteiger partial charge in [-0.3, -0.25) is 19.5 Å². The quantitative estimate of drug-likeness (QED) is 0.198. The van der Waals surface area contributed by atoms with Gasteiger partial charge in [0.05, 0.1) is 62.0 Å². The molecule has 3 aromatic rings. The molecule has 5 N–H and O–H groups in total. The lowest BCUT2D eigenvalue weighted by atomic mass is 10.0. The molecule has 2 atom stereocenters. The molecule has 2 aromatic carbocycles. The van der Waals surface area contributed by atoms with E-state index in [1.165, 1.54) is 18.3 Å². The average Bonchev–Trinajstić information content (AvgIpc) is 3.40. The highest BCUT2D eigenvalue weighted by atomic mass is 35.5. The zero-order valence-corrected chi connectivity index (χ0v) is 22.1. The van der Waals surface area contributed by atoms with E-state index in [9.17, 15) is 31.9 Å². The number of hydrogen-bond acceptors (Lipinski definition) is 8. The van der Waals surface area contributed by atoms with Crippen LogP contribution in [-0.4, -0.2) is 66.9 Å². The molecular weight excluding hydrogens is 574 g/mol. The minimum atomic E-state index is -4.72. The maximum absolute atomic E-state index is 13.4. The number of halogens is 5. The Kier molecular flexibility index (Phi) is 8.95. The lowest BCUT2D eigenvalue weighted by molar-refractivity contribution is -0.141. The second-order valence-corrected chi connectivity index (χ2v) is 9.44. The Bertz CT molecular complexity index is 1490. The summed E-state index contributed by atoms with van der Waals surface area (Å²) in [6.45, 7) is -0.523. The topological polar surface area (TPSA) is 150 Å². The number of methoxy groups -OCH3 is 1. The van der Waals surface area contributed by atoms with Crippen molar-refractivity contribution in [3.8, 4) is 0 Å². The second-order valence-electron chi connectivity index (χ2n) is 9.00. The number of H-pyrrole nitrogens is 1. The van der Waals surface area contributed by atoms with Gasteiger partial charge in [0, 0.05) is 16.1 Å². The van der Waals surface area contributed by atoms with Gasteiger partial charge in [-0.25, -0.2) is 9.38 Å². The molecule has 0 saturated carbocycles. The van der Waals surface area contributed by atoms with Crippen molar-refractivity contribution in [1.29, 1.82) is 0 Å². The summed E-state index contributed by atoms with van der Waals surface area (Å²) < 4.78 is 57.9. The lowest BCUT2D eigenvalue weighted by Crippen LogP contribution is -2.41. The molecule has 41 heavy (non-hydrogen) atoms. The van der Waals surface area contributed by atoms with Crippen molar-refractivity contribution in [2.75, 3.05) is 32.1 Å². The predicted molar refractivity (Wildman–Crippen MR) is 141 cm³/mol. The number of guanidine groups is 1. The van der Waals surface area contributed by atoms with Crippen LogP contribution in [0.25, 0.3) is 10.9 Å². The zero-order valence-electron chi connectivity index (χ0n) is 21.4. The summed E-state index contributed by atoms with van der Waals surface area (Å²) in [5.41, 5.74) is -0.0773. The molecular formula is C25H24ClF4N7O4. The van der Waals surface area contributed by atoms with Gasteiger partial charge in [-0.15, -0.1) is 0 Å². The van der Waals surface area contributed by atoms with Gasteiger partial charge in [0.2, 0.25) is 5.91 Å². The third-order valence-corrected chi connectivity index (χ3v) is 6.22. The van der Waals surface area contributed by atoms with E-state index in [4.69, 9.17) is 11.6 Å². The fourth-order valence-electron chi connectivity index (χ4n) is 4.03. The number of ether oxygens (including phenoxy) is 1. The van der Waals surface area contributed by atoms with E-state index >= 15 is 0 Å². The van der Waals surface area contributed by atoms with Crippen LogP contribution < -0.4 is 21.3 Å². The van der Waals surface area contributed by atoms with Crippen molar-refractivity contribution >= 4 is 51.9 Å². The van der Waals surface area contributed by atoms with Gasteiger partial charge < -0.3 is 26.0 Å². The first-order valence-electron chi connectivity index (χ1n) is 12.1. The molecule has 0 spiro atoms. The van der Waals surface area contributed by atoms with Crippen LogP contribution in [0.5, 0.6) is 0 Å². The number of benzene rings is 2. The molecule has 218 valence electrons. The monoisotopic (exact) mass is 597 g/mol. The van der Waals surface area contributed by atoms with Gasteiger partial charge >= 0.3 is 12.1 Å². The fourth-order valence-corrected chi connectivity index (χ4v) is 4.27. The highest BCUT2D eigenvalue weighted by Crippen LogP contribution is 2.34. The fraction of sp³-hybridized carbons (Fsp3) is 0.320. The number of anilines is 1. The summed E-state index contributed by atoms with van der Waals surface area (Å²) in [5, 5.41) is 17.5. The second kappa shape index (κ2) is 12.4. The number of amides is 2. The van der Waals surface area contributed by atoms with Gasteiger partial charge in [-0.2, -0.15) is 18.3 Å². The number of hydrogen-bond donors (Lipinski definition) is 5. The first-order chi connectivity index (χ1) is 19.4. The van der Waals surface area contributed by atoms with E-state index < -0.39 is 54.7 Å². The molecule has 16 heteroatoms. The van der Waals surface area contributed by atoms with E-state index in [1.807, 2.05) is 0 Å². The maximum atomic E-state index is 13.4. The average molecular weight is 598 g/mol. The van der Waals surface area contributed by atoms with E-state index in [2.05, 4.69) is 41.2 Å². The van der Waals surface area contributed by atoms with Gasteiger partial charge in [0.1, 0.15) is 6.17 Å². The largest absolute Gasteiger partial charge is 0.469 e. The molecule has 1 aliphatic heterocycles. The molecule has 0 bridgehead atoms. The van der Waals surface area contributed by atoms with Crippen molar-refractivity contribution in [3.63, 3.8) is 0 Å². The molecule has 2 heterocycles. The number of nitrogens with zero attached hydrogens (tertiary/aromatic N) is 2. The first kappa shape index (κ1) is 29.6. The van der Waals surface area contributed by atoms with Crippen LogP contribution in [0, 0.1) is 0 Å². The Morgan fingerprint density at radius 1 is 1.20 bits per heavy atom. The number of carbonyl (C=O) groups is 3. The first-order valence-corrected chi connectivity index (χ1v) is 12.5. The number of aromatic nitrogens is 2. The number of nitrogens with one attached hydrogen (secondary N) is 5. The normalized spacial score (nSPS) is 15.9. The van der Waals surface area contributed by atoms with E-state index in [-0.39, 0.29) is 29.2 Å². The number of aliphatic imine (C=N–C) groups is 1. The van der Waals surface area contributed by atoms with Crippen LogP contribution in [0.15, 0.2) is 41.5 Å². The van der Waals surface area contributed by atoms with Crippen LogP contribution in [0.2, 0.25) is 5.02 Å². The molecule has 1 aromatic heterocycles. The Morgan fingerprint density at radius 2 is 1.98 bits per heavy atom. The minimum Gasteiger partial charge on any atom is -0.469 e. The Hall–Kier alpha value is -4.40. The van der Waals surface area contributed by atoms with E-state index in [0.717, 1.165) is 19.2 Å². The Labute approximate surface area is 235 Å². The van der Waals surface area contributed by atoms with Crippen LogP contribution in [0.4, 0.5) is 23.2 Å². The van der Waals surface area contributed by atoms with Gasteiger partial charge in [-0.05, 0) is 35.9 Å². The molecule has 1 unspecified atom stereocenters. The predicted octanol–water partition coefficient (Wildman–Crippen LogP) is 3.09. The number of esters is 1. The molecule has 4 rings (SSSR count). The standard InChI is InChI=1S/C25H24ClF4N7O4/c1-41-22(39)7-19(12-2-13(25(28,29)30)4-14(26)3-12)36-21(38)11-31-23(40)17-5-16(6-20-18(17)10-34-37-20)35-24-32-8-15(27)9-33-24/h2-6,10,15,19H,7-9,11H2,1H3,(H,31,40)(H,34,37)(H,36,38)(H2,32,33,35)/t19-/m0/s1. The maximum Gasteiger partial charge on any atom is 0.416 e. The third-order valence-electron chi connectivity index (χ3n) is 6.00. The van der Waals surface area contributed by atoms with Gasteiger partial charge in [-0.1, -0.05) is 11.6 Å². The summed E-state index contributed by atoms with van der Waals surface area (Å²) in [5.74, 6) is -1.93. The summed E-state index contributed by atoms with van der Waals surface area (Å²) in [6.07, 6.45) is -4.90. The van der Waals surface area contributed by atoms with E-state index in [0.29, 0.717) is 22.5 Å². The highest BCUT2D eigenvalue weighted by Gasteiger charge is 2.32. The molecule has 2 amide bonds. The van der Waals surface area contributed by atoms with Crippen molar-refractivity contribution in [2.45, 2.75) is 24.8 Å². The molecule has 0 fully saturated rings. The molecule has 11 nitrogen and oxygen atoms in total. The van der Waals surface area contributed by atoms with Crippen molar-refractivity contribution < 1.29 is 36.7 Å². The number of carbonyl (C=O) groups excluding carboxylic acids is 3.